The molecule has 0 aliphatic rings. The zero-order valence-electron chi connectivity index (χ0n) is 13.3. The summed E-state index contributed by atoms with van der Waals surface area (Å²) in [5, 5.41) is 3.34. The van der Waals surface area contributed by atoms with Gasteiger partial charge in [0.05, 0.1) is 6.04 Å². The SMILES string of the molecule is Cc1ccc(C(C)Nc2nc(C)nc([C-](C)C)n2)cc1.[Y+3]. The molecule has 2 rings (SSSR count). The summed E-state index contributed by atoms with van der Waals surface area (Å²) in [7, 11) is 0. The van der Waals surface area contributed by atoms with Gasteiger partial charge in [-0.1, -0.05) is 29.8 Å². The van der Waals surface area contributed by atoms with Crippen molar-refractivity contribution >= 4 is 5.95 Å². The molecule has 106 valence electrons. The molecule has 0 fully saturated rings. The van der Waals surface area contributed by atoms with E-state index >= 15 is 0 Å². The molecule has 4 nitrogen and oxygen atoms in total. The molecule has 1 atom stereocenters. The molecule has 0 spiro atoms. The van der Waals surface area contributed by atoms with E-state index in [0.717, 1.165) is 17.6 Å². The molecule has 1 aromatic heterocycles. The van der Waals surface area contributed by atoms with Gasteiger partial charge in [-0.3, -0.25) is 4.98 Å². The van der Waals surface area contributed by atoms with Gasteiger partial charge in [-0.05, 0) is 26.3 Å². The minimum absolute atomic E-state index is 0. The summed E-state index contributed by atoms with van der Waals surface area (Å²) in [5.74, 6) is 3.19. The van der Waals surface area contributed by atoms with Gasteiger partial charge in [0, 0.05) is 5.82 Å². The Morgan fingerprint density at radius 2 is 1.62 bits per heavy atom. The first-order valence-electron chi connectivity index (χ1n) is 6.82. The molecule has 21 heavy (non-hydrogen) atoms. The van der Waals surface area contributed by atoms with Crippen LogP contribution in [0.15, 0.2) is 24.3 Å². The van der Waals surface area contributed by atoms with Crippen LogP contribution in [0.5, 0.6) is 0 Å². The van der Waals surface area contributed by atoms with Crippen molar-refractivity contribution in [3.63, 3.8) is 0 Å². The van der Waals surface area contributed by atoms with Crippen LogP contribution in [0.25, 0.3) is 0 Å². The smallest absolute Gasteiger partial charge is 0.348 e. The first-order chi connectivity index (χ1) is 9.45. The van der Waals surface area contributed by atoms with Crippen LogP contribution in [0.4, 0.5) is 5.95 Å². The molecule has 0 bridgehead atoms. The molecule has 2 aromatic rings. The van der Waals surface area contributed by atoms with Crippen molar-refractivity contribution in [2.24, 2.45) is 0 Å². The van der Waals surface area contributed by atoms with Gasteiger partial charge in [-0.25, -0.2) is 4.98 Å². The van der Waals surface area contributed by atoms with E-state index in [2.05, 4.69) is 58.4 Å². The Labute approximate surface area is 152 Å². The number of aryl methyl sites for hydroxylation is 2. The van der Waals surface area contributed by atoms with E-state index in [1.807, 2.05) is 20.8 Å². The molecule has 0 amide bonds. The Balaban J connectivity index is 0.00000220. The van der Waals surface area contributed by atoms with Crippen molar-refractivity contribution in [1.82, 2.24) is 15.0 Å². The van der Waals surface area contributed by atoms with Crippen molar-refractivity contribution < 1.29 is 32.7 Å². The summed E-state index contributed by atoms with van der Waals surface area (Å²) < 4.78 is 0. The van der Waals surface area contributed by atoms with Crippen LogP contribution in [0, 0.1) is 19.8 Å². The average molecular weight is 358 g/mol. The van der Waals surface area contributed by atoms with Crippen LogP contribution in [0.3, 0.4) is 0 Å². The molecule has 1 N–H and O–H groups in total. The number of nitrogens with one attached hydrogen (secondary N) is 1. The first-order valence-corrected chi connectivity index (χ1v) is 6.82. The van der Waals surface area contributed by atoms with Gasteiger partial charge in [0.2, 0.25) is 5.95 Å². The molecule has 0 saturated heterocycles. The molecule has 0 radical (unpaired) electrons. The van der Waals surface area contributed by atoms with E-state index in [-0.39, 0.29) is 38.8 Å². The fourth-order valence-electron chi connectivity index (χ4n) is 1.90. The maximum absolute atomic E-state index is 4.45. The average Bonchev–Trinajstić information content (AvgIpc) is 2.38. The van der Waals surface area contributed by atoms with Gasteiger partial charge in [-0.2, -0.15) is 18.8 Å². The van der Waals surface area contributed by atoms with Crippen molar-refractivity contribution in [2.45, 2.75) is 40.7 Å². The van der Waals surface area contributed by atoms with Crippen molar-refractivity contribution in [2.75, 3.05) is 5.32 Å². The molecule has 0 saturated carbocycles. The largest absolute Gasteiger partial charge is 3.00 e. The van der Waals surface area contributed by atoms with Crippen LogP contribution < -0.4 is 5.32 Å². The second kappa shape index (κ2) is 7.85. The molecular weight excluding hydrogens is 337 g/mol. The predicted molar refractivity (Wildman–Crippen MR) is 81.5 cm³/mol. The quantitative estimate of drug-likeness (QED) is 0.849. The predicted octanol–water partition coefficient (Wildman–Crippen LogP) is 3.62. The van der Waals surface area contributed by atoms with Gasteiger partial charge in [0.1, 0.15) is 5.82 Å². The molecule has 1 unspecified atom stereocenters. The normalized spacial score (nSPS) is 11.5. The Hall–Kier alpha value is -0.996. The maximum Gasteiger partial charge on any atom is 3.00 e. The van der Waals surface area contributed by atoms with E-state index in [0.29, 0.717) is 5.95 Å². The standard InChI is InChI=1S/C16H21N4.Y/c1-10(2)15-18-13(5)19-16(20-15)17-12(4)14-8-6-11(3)7-9-14;/h6-9,12H,1-5H3,(H,17,18,19,20);/q-1;+3. The van der Waals surface area contributed by atoms with Crippen molar-refractivity contribution in [3.8, 4) is 0 Å². The van der Waals surface area contributed by atoms with Crippen LogP contribution in [-0.2, 0) is 32.7 Å². The third-order valence-electron chi connectivity index (χ3n) is 3.12. The minimum Gasteiger partial charge on any atom is -0.348 e. The third kappa shape index (κ3) is 5.04. The molecule has 0 aliphatic heterocycles. The van der Waals surface area contributed by atoms with Gasteiger partial charge in [0.15, 0.2) is 0 Å². The molecule has 1 heterocycles. The van der Waals surface area contributed by atoms with Crippen LogP contribution in [-0.4, -0.2) is 15.0 Å². The Bertz CT molecular complexity index is 581. The first kappa shape index (κ1) is 18.1. The fourth-order valence-corrected chi connectivity index (χ4v) is 1.90. The van der Waals surface area contributed by atoms with Gasteiger partial charge in [0.25, 0.3) is 0 Å². The number of hydrogen-bond acceptors (Lipinski definition) is 4. The topological polar surface area (TPSA) is 50.7 Å². The van der Waals surface area contributed by atoms with Crippen LogP contribution in [0.2, 0.25) is 0 Å². The summed E-state index contributed by atoms with van der Waals surface area (Å²) in [6.07, 6.45) is 0. The number of benzene rings is 1. The van der Waals surface area contributed by atoms with Crippen LogP contribution >= 0.6 is 0 Å². The maximum atomic E-state index is 4.45. The van der Waals surface area contributed by atoms with Gasteiger partial charge in [-0.15, -0.1) is 0 Å². The summed E-state index contributed by atoms with van der Waals surface area (Å²) in [6.45, 7) is 10.1. The Morgan fingerprint density at radius 1 is 1.00 bits per heavy atom. The monoisotopic (exact) mass is 358 g/mol. The zero-order valence-corrected chi connectivity index (χ0v) is 16.1. The van der Waals surface area contributed by atoms with Gasteiger partial charge < -0.3 is 11.2 Å². The Kier molecular flexibility index (Phi) is 6.75. The molecule has 0 aliphatic carbocycles. The Morgan fingerprint density at radius 3 is 2.19 bits per heavy atom. The second-order valence-corrected chi connectivity index (χ2v) is 5.31. The number of rotatable bonds is 4. The summed E-state index contributed by atoms with van der Waals surface area (Å²) >= 11 is 0. The third-order valence-corrected chi connectivity index (χ3v) is 3.12. The number of anilines is 1. The van der Waals surface area contributed by atoms with E-state index < -0.39 is 0 Å². The molecule has 5 heteroatoms. The van der Waals surface area contributed by atoms with E-state index in [1.54, 1.807) is 0 Å². The zero-order chi connectivity index (χ0) is 14.7. The molecular formula is C16H21N4Y+2. The minimum atomic E-state index is 0. The van der Waals surface area contributed by atoms with Crippen LogP contribution in [0.1, 0.15) is 49.6 Å². The second-order valence-electron chi connectivity index (χ2n) is 5.31. The molecule has 1 aromatic carbocycles. The number of hydrogen-bond donors (Lipinski definition) is 1. The van der Waals surface area contributed by atoms with E-state index in [1.165, 1.54) is 11.1 Å². The van der Waals surface area contributed by atoms with E-state index in [4.69, 9.17) is 0 Å². The van der Waals surface area contributed by atoms with Crippen molar-refractivity contribution in [3.05, 3.63) is 53.0 Å². The fraction of sp³-hybridized carbons (Fsp3) is 0.375. The number of aromatic nitrogens is 3. The summed E-state index contributed by atoms with van der Waals surface area (Å²) in [5.41, 5.74) is 2.47. The number of nitrogens with zero attached hydrogens (tertiary/aromatic N) is 3. The van der Waals surface area contributed by atoms with Gasteiger partial charge >= 0.3 is 32.7 Å². The summed E-state index contributed by atoms with van der Waals surface area (Å²) in [6, 6.07) is 8.63. The van der Waals surface area contributed by atoms with E-state index in [9.17, 15) is 0 Å². The van der Waals surface area contributed by atoms with Crippen molar-refractivity contribution in [1.29, 1.82) is 0 Å². The summed E-state index contributed by atoms with van der Waals surface area (Å²) in [4.78, 5) is 13.1.